The Labute approximate surface area is 92.4 Å². The second-order valence-electron chi connectivity index (χ2n) is 3.64. The van der Waals surface area contributed by atoms with E-state index in [0.717, 1.165) is 5.56 Å². The minimum Gasteiger partial charge on any atom is -0.296 e. The van der Waals surface area contributed by atoms with Gasteiger partial charge in [-0.05, 0) is 24.1 Å². The lowest BCUT2D eigenvalue weighted by Gasteiger charge is -2.05. The van der Waals surface area contributed by atoms with E-state index in [1.165, 1.54) is 0 Å². The van der Waals surface area contributed by atoms with Gasteiger partial charge in [0.05, 0.1) is 5.92 Å². The first-order valence-corrected chi connectivity index (χ1v) is 5.11. The van der Waals surface area contributed by atoms with Crippen molar-refractivity contribution in [1.29, 1.82) is 0 Å². The van der Waals surface area contributed by atoms with Crippen LogP contribution in [0.25, 0.3) is 0 Å². The van der Waals surface area contributed by atoms with Crippen LogP contribution in [0.2, 0.25) is 5.02 Å². The number of carbonyl (C=O) groups is 2. The number of rotatable bonds is 2. The SMILES string of the molecule is O=C1CC(Cc2ccc(Cl)cc2)C(=O)N1. The van der Waals surface area contributed by atoms with Gasteiger partial charge in [0, 0.05) is 11.4 Å². The average molecular weight is 224 g/mol. The Kier molecular flexibility index (Phi) is 2.73. The fraction of sp³-hybridized carbons (Fsp3) is 0.273. The molecule has 2 rings (SSSR count). The fourth-order valence-electron chi connectivity index (χ4n) is 1.68. The zero-order valence-corrected chi connectivity index (χ0v) is 8.75. The number of nitrogens with one attached hydrogen (secondary N) is 1. The lowest BCUT2D eigenvalue weighted by molar-refractivity contribution is -0.125. The van der Waals surface area contributed by atoms with E-state index in [1.54, 1.807) is 12.1 Å². The molecule has 1 aliphatic rings. The van der Waals surface area contributed by atoms with Gasteiger partial charge in [-0.25, -0.2) is 0 Å². The van der Waals surface area contributed by atoms with Crippen molar-refractivity contribution in [2.75, 3.05) is 0 Å². The molecule has 1 atom stereocenters. The minimum absolute atomic E-state index is 0.171. The van der Waals surface area contributed by atoms with Crippen LogP contribution in [0.5, 0.6) is 0 Å². The lowest BCUT2D eigenvalue weighted by Crippen LogP contribution is -2.22. The number of amides is 2. The molecule has 1 aromatic carbocycles. The predicted molar refractivity (Wildman–Crippen MR) is 56.4 cm³/mol. The summed E-state index contributed by atoms with van der Waals surface area (Å²) in [6, 6.07) is 7.31. The van der Waals surface area contributed by atoms with Crippen LogP contribution in [0.4, 0.5) is 0 Å². The Balaban J connectivity index is 2.06. The number of benzene rings is 1. The highest BCUT2D eigenvalue weighted by Crippen LogP contribution is 2.18. The molecule has 1 aromatic rings. The molecule has 0 spiro atoms. The highest BCUT2D eigenvalue weighted by molar-refractivity contribution is 6.30. The topological polar surface area (TPSA) is 46.2 Å². The summed E-state index contributed by atoms with van der Waals surface area (Å²) in [6.45, 7) is 0. The van der Waals surface area contributed by atoms with Crippen molar-refractivity contribution < 1.29 is 9.59 Å². The average Bonchev–Trinajstić information content (AvgIpc) is 2.49. The van der Waals surface area contributed by atoms with E-state index in [-0.39, 0.29) is 17.7 Å². The maximum absolute atomic E-state index is 11.3. The van der Waals surface area contributed by atoms with Crippen molar-refractivity contribution in [1.82, 2.24) is 5.32 Å². The zero-order valence-electron chi connectivity index (χ0n) is 8.00. The molecule has 1 heterocycles. The van der Waals surface area contributed by atoms with Crippen LogP contribution in [-0.2, 0) is 16.0 Å². The Morgan fingerprint density at radius 3 is 2.47 bits per heavy atom. The number of hydrogen-bond acceptors (Lipinski definition) is 2. The summed E-state index contributed by atoms with van der Waals surface area (Å²) in [5, 5.41) is 2.97. The summed E-state index contributed by atoms with van der Waals surface area (Å²) in [6.07, 6.45) is 0.885. The van der Waals surface area contributed by atoms with E-state index in [0.29, 0.717) is 17.9 Å². The van der Waals surface area contributed by atoms with E-state index < -0.39 is 0 Å². The first-order valence-electron chi connectivity index (χ1n) is 4.73. The summed E-state index contributed by atoms with van der Waals surface area (Å²) in [5.41, 5.74) is 1.02. The third-order valence-electron chi connectivity index (χ3n) is 2.46. The summed E-state index contributed by atoms with van der Waals surface area (Å²) in [5.74, 6) is -0.576. The fourth-order valence-corrected chi connectivity index (χ4v) is 1.80. The van der Waals surface area contributed by atoms with Crippen molar-refractivity contribution in [2.24, 2.45) is 5.92 Å². The van der Waals surface area contributed by atoms with Crippen LogP contribution < -0.4 is 5.32 Å². The molecule has 0 radical (unpaired) electrons. The molecular weight excluding hydrogens is 214 g/mol. The minimum atomic E-state index is -0.223. The van der Waals surface area contributed by atoms with Gasteiger partial charge in [-0.2, -0.15) is 0 Å². The number of hydrogen-bond donors (Lipinski definition) is 1. The molecule has 15 heavy (non-hydrogen) atoms. The third kappa shape index (κ3) is 2.36. The van der Waals surface area contributed by atoms with Gasteiger partial charge in [0.1, 0.15) is 0 Å². The number of halogens is 1. The van der Waals surface area contributed by atoms with Crippen molar-refractivity contribution in [3.63, 3.8) is 0 Å². The molecule has 1 N–H and O–H groups in total. The summed E-state index contributed by atoms with van der Waals surface area (Å²) in [7, 11) is 0. The van der Waals surface area contributed by atoms with E-state index in [4.69, 9.17) is 11.6 Å². The first kappa shape index (κ1) is 10.2. The van der Waals surface area contributed by atoms with Gasteiger partial charge in [0.2, 0.25) is 11.8 Å². The van der Waals surface area contributed by atoms with E-state index in [1.807, 2.05) is 12.1 Å². The second-order valence-corrected chi connectivity index (χ2v) is 4.08. The van der Waals surface area contributed by atoms with Crippen LogP contribution in [-0.4, -0.2) is 11.8 Å². The standard InChI is InChI=1S/C11H10ClNO2/c12-9-3-1-7(2-4-9)5-8-6-10(14)13-11(8)15/h1-4,8H,5-6H2,(H,13,14,15). The van der Waals surface area contributed by atoms with Gasteiger partial charge in [-0.3, -0.25) is 14.9 Å². The number of imide groups is 1. The van der Waals surface area contributed by atoms with Crippen LogP contribution >= 0.6 is 11.6 Å². The Morgan fingerprint density at radius 2 is 1.93 bits per heavy atom. The Morgan fingerprint density at radius 1 is 1.27 bits per heavy atom. The lowest BCUT2D eigenvalue weighted by atomic mass is 9.98. The molecule has 1 unspecified atom stereocenters. The maximum atomic E-state index is 11.3. The van der Waals surface area contributed by atoms with Crippen LogP contribution in [0.3, 0.4) is 0 Å². The summed E-state index contributed by atoms with van der Waals surface area (Å²) >= 11 is 5.75. The Bertz CT molecular complexity index is 400. The maximum Gasteiger partial charge on any atom is 0.230 e. The zero-order chi connectivity index (χ0) is 10.8. The number of carbonyl (C=O) groups excluding carboxylic acids is 2. The molecule has 78 valence electrons. The Hall–Kier alpha value is -1.35. The quantitative estimate of drug-likeness (QED) is 0.774. The second kappa shape index (κ2) is 4.03. The molecule has 1 fully saturated rings. The molecule has 0 saturated carbocycles. The largest absolute Gasteiger partial charge is 0.296 e. The molecular formula is C11H10ClNO2. The highest BCUT2D eigenvalue weighted by atomic mass is 35.5. The van der Waals surface area contributed by atoms with Gasteiger partial charge in [-0.15, -0.1) is 0 Å². The summed E-state index contributed by atoms with van der Waals surface area (Å²) < 4.78 is 0. The van der Waals surface area contributed by atoms with Gasteiger partial charge in [0.25, 0.3) is 0 Å². The monoisotopic (exact) mass is 223 g/mol. The highest BCUT2D eigenvalue weighted by Gasteiger charge is 2.30. The van der Waals surface area contributed by atoms with E-state index >= 15 is 0 Å². The van der Waals surface area contributed by atoms with Gasteiger partial charge < -0.3 is 0 Å². The third-order valence-corrected chi connectivity index (χ3v) is 2.71. The van der Waals surface area contributed by atoms with Gasteiger partial charge >= 0.3 is 0 Å². The van der Waals surface area contributed by atoms with Crippen LogP contribution in [0.15, 0.2) is 24.3 Å². The van der Waals surface area contributed by atoms with Gasteiger partial charge in [0.15, 0.2) is 0 Å². The molecule has 4 heteroatoms. The molecule has 0 aromatic heterocycles. The first-order chi connectivity index (χ1) is 7.15. The van der Waals surface area contributed by atoms with Crippen molar-refractivity contribution in [3.8, 4) is 0 Å². The van der Waals surface area contributed by atoms with E-state index in [9.17, 15) is 9.59 Å². The smallest absolute Gasteiger partial charge is 0.230 e. The molecule has 0 bridgehead atoms. The molecule has 0 aliphatic carbocycles. The molecule has 1 aliphatic heterocycles. The molecule has 3 nitrogen and oxygen atoms in total. The van der Waals surface area contributed by atoms with Crippen LogP contribution in [0.1, 0.15) is 12.0 Å². The molecule has 2 amide bonds. The van der Waals surface area contributed by atoms with E-state index in [2.05, 4.69) is 5.32 Å². The van der Waals surface area contributed by atoms with Crippen LogP contribution in [0, 0.1) is 5.92 Å². The molecule has 1 saturated heterocycles. The van der Waals surface area contributed by atoms with Crippen molar-refractivity contribution in [3.05, 3.63) is 34.9 Å². The summed E-state index contributed by atoms with van der Waals surface area (Å²) in [4.78, 5) is 22.3. The predicted octanol–water partition coefficient (Wildman–Crippen LogP) is 1.55. The van der Waals surface area contributed by atoms with Crippen molar-refractivity contribution >= 4 is 23.4 Å². The van der Waals surface area contributed by atoms with Gasteiger partial charge in [-0.1, -0.05) is 23.7 Å². The van der Waals surface area contributed by atoms with Crippen molar-refractivity contribution in [2.45, 2.75) is 12.8 Å². The normalized spacial score (nSPS) is 20.5.